The van der Waals surface area contributed by atoms with Crippen LogP contribution in [0.2, 0.25) is 0 Å². The number of benzene rings is 1. The van der Waals surface area contributed by atoms with E-state index in [2.05, 4.69) is 31.1 Å². The normalized spacial score (nSPS) is 10.7. The summed E-state index contributed by atoms with van der Waals surface area (Å²) in [7, 11) is 0. The Balaban J connectivity index is 1.94. The number of nitrogens with zero attached hydrogens (tertiary/aromatic N) is 6. The summed E-state index contributed by atoms with van der Waals surface area (Å²) >= 11 is 1.42. The third-order valence-electron chi connectivity index (χ3n) is 2.44. The molecule has 0 aliphatic heterocycles. The third-order valence-corrected chi connectivity index (χ3v) is 3.30. The highest BCUT2D eigenvalue weighted by atomic mass is 32.2. The van der Waals surface area contributed by atoms with Gasteiger partial charge in [-0.05, 0) is 30.8 Å². The molecule has 7 nitrogen and oxygen atoms in total. The van der Waals surface area contributed by atoms with Gasteiger partial charge in [0.2, 0.25) is 5.95 Å². The molecule has 0 bridgehead atoms. The van der Waals surface area contributed by atoms with E-state index in [0.29, 0.717) is 11.1 Å². The summed E-state index contributed by atoms with van der Waals surface area (Å²) < 4.78 is 1.44. The molecule has 0 radical (unpaired) electrons. The van der Waals surface area contributed by atoms with Crippen LogP contribution in [0.3, 0.4) is 0 Å². The van der Waals surface area contributed by atoms with E-state index in [-0.39, 0.29) is 5.95 Å². The first-order valence-corrected chi connectivity index (χ1v) is 6.63. The van der Waals surface area contributed by atoms with E-state index < -0.39 is 0 Å². The van der Waals surface area contributed by atoms with E-state index in [4.69, 9.17) is 5.73 Å². The molecular weight excluding hydrogens is 274 g/mol. The maximum atomic E-state index is 5.71. The maximum Gasteiger partial charge on any atom is 0.257 e. The lowest BCUT2D eigenvalue weighted by atomic mass is 10.2. The van der Waals surface area contributed by atoms with Crippen LogP contribution in [0, 0.1) is 6.92 Å². The Morgan fingerprint density at radius 3 is 2.85 bits per heavy atom. The first-order valence-electron chi connectivity index (χ1n) is 5.82. The fourth-order valence-corrected chi connectivity index (χ4v) is 2.47. The van der Waals surface area contributed by atoms with Gasteiger partial charge in [-0.25, -0.2) is 4.98 Å². The van der Waals surface area contributed by atoms with Crippen LogP contribution in [0.15, 0.2) is 47.0 Å². The number of hydrogen-bond donors (Lipinski definition) is 1. The molecule has 0 spiro atoms. The van der Waals surface area contributed by atoms with Crippen molar-refractivity contribution in [3.8, 4) is 5.95 Å². The van der Waals surface area contributed by atoms with Gasteiger partial charge in [0.1, 0.15) is 12.7 Å². The molecular formula is C12H11N7S. The molecule has 2 heterocycles. The second kappa shape index (κ2) is 5.25. The Morgan fingerprint density at radius 2 is 2.10 bits per heavy atom. The Labute approximate surface area is 119 Å². The van der Waals surface area contributed by atoms with Gasteiger partial charge in [-0.2, -0.15) is 24.7 Å². The average Bonchev–Trinajstić information content (AvgIpc) is 2.91. The molecule has 0 aliphatic carbocycles. The minimum atomic E-state index is 0.153. The Bertz CT molecular complexity index is 726. The molecule has 20 heavy (non-hydrogen) atoms. The standard InChI is InChI=1S/C12H11N7S/c1-8-3-2-4-9(5-8)20-12-17-10(13)16-11(18-12)19-7-14-6-15-19/h2-7H,1H3,(H2,13,16,17,18). The van der Waals surface area contributed by atoms with Gasteiger partial charge in [0.15, 0.2) is 5.16 Å². The first-order chi connectivity index (χ1) is 9.70. The zero-order chi connectivity index (χ0) is 13.9. The van der Waals surface area contributed by atoms with E-state index in [1.807, 2.05) is 25.1 Å². The quantitative estimate of drug-likeness (QED) is 0.778. The van der Waals surface area contributed by atoms with Crippen LogP contribution in [0.4, 0.5) is 5.95 Å². The minimum Gasteiger partial charge on any atom is -0.368 e. The molecule has 0 atom stereocenters. The van der Waals surface area contributed by atoms with Gasteiger partial charge >= 0.3 is 0 Å². The van der Waals surface area contributed by atoms with Gasteiger partial charge in [-0.1, -0.05) is 17.7 Å². The average molecular weight is 285 g/mol. The van der Waals surface area contributed by atoms with Crippen molar-refractivity contribution in [3.63, 3.8) is 0 Å². The lowest BCUT2D eigenvalue weighted by Gasteiger charge is -2.04. The van der Waals surface area contributed by atoms with Crippen LogP contribution in [-0.4, -0.2) is 29.7 Å². The summed E-state index contributed by atoms with van der Waals surface area (Å²) in [4.78, 5) is 17.4. The largest absolute Gasteiger partial charge is 0.368 e. The number of rotatable bonds is 3. The van der Waals surface area contributed by atoms with Crippen LogP contribution >= 0.6 is 11.8 Å². The van der Waals surface area contributed by atoms with Crippen LogP contribution < -0.4 is 5.73 Å². The topological polar surface area (TPSA) is 95.4 Å². The van der Waals surface area contributed by atoms with E-state index in [9.17, 15) is 0 Å². The number of aryl methyl sites for hydroxylation is 1. The lowest BCUT2D eigenvalue weighted by Crippen LogP contribution is -2.07. The van der Waals surface area contributed by atoms with Crippen molar-refractivity contribution < 1.29 is 0 Å². The van der Waals surface area contributed by atoms with Crippen molar-refractivity contribution in [2.45, 2.75) is 17.0 Å². The number of aromatic nitrogens is 6. The van der Waals surface area contributed by atoms with Crippen molar-refractivity contribution in [1.82, 2.24) is 29.7 Å². The van der Waals surface area contributed by atoms with Crippen molar-refractivity contribution in [2.24, 2.45) is 0 Å². The summed E-state index contributed by atoms with van der Waals surface area (Å²) in [5.74, 6) is 0.505. The molecule has 3 aromatic rings. The molecule has 0 aliphatic rings. The van der Waals surface area contributed by atoms with Crippen molar-refractivity contribution >= 4 is 17.7 Å². The molecule has 3 rings (SSSR count). The predicted octanol–water partition coefficient (Wildman–Crippen LogP) is 1.49. The molecule has 8 heteroatoms. The summed E-state index contributed by atoms with van der Waals surface area (Å²) in [6, 6.07) is 8.07. The van der Waals surface area contributed by atoms with Crippen molar-refractivity contribution in [2.75, 3.05) is 5.73 Å². The van der Waals surface area contributed by atoms with Gasteiger partial charge in [0.05, 0.1) is 0 Å². The van der Waals surface area contributed by atoms with E-state index in [1.54, 1.807) is 0 Å². The highest BCUT2D eigenvalue weighted by Crippen LogP contribution is 2.25. The van der Waals surface area contributed by atoms with Crippen molar-refractivity contribution in [3.05, 3.63) is 42.5 Å². The lowest BCUT2D eigenvalue weighted by molar-refractivity contribution is 0.763. The van der Waals surface area contributed by atoms with Crippen LogP contribution in [0.25, 0.3) is 5.95 Å². The third kappa shape index (κ3) is 2.75. The molecule has 0 fully saturated rings. The van der Waals surface area contributed by atoms with Gasteiger partial charge < -0.3 is 5.73 Å². The smallest absolute Gasteiger partial charge is 0.257 e. The summed E-state index contributed by atoms with van der Waals surface area (Å²) in [6.45, 7) is 2.03. The molecule has 1 aromatic carbocycles. The molecule has 2 aromatic heterocycles. The van der Waals surface area contributed by atoms with Gasteiger partial charge in [-0.15, -0.1) is 0 Å². The zero-order valence-corrected chi connectivity index (χ0v) is 11.4. The van der Waals surface area contributed by atoms with Gasteiger partial charge in [-0.3, -0.25) is 0 Å². The summed E-state index contributed by atoms with van der Waals surface area (Å²) in [6.07, 6.45) is 2.92. The van der Waals surface area contributed by atoms with Crippen LogP contribution in [-0.2, 0) is 0 Å². The number of anilines is 1. The van der Waals surface area contributed by atoms with Crippen molar-refractivity contribution in [1.29, 1.82) is 0 Å². The fraction of sp³-hybridized carbons (Fsp3) is 0.0833. The monoisotopic (exact) mass is 285 g/mol. The Hall–Kier alpha value is -2.48. The second-order valence-corrected chi connectivity index (χ2v) is 5.08. The van der Waals surface area contributed by atoms with Gasteiger partial charge in [0.25, 0.3) is 5.95 Å². The molecule has 0 unspecified atom stereocenters. The summed E-state index contributed by atoms with van der Waals surface area (Å²) in [5.41, 5.74) is 6.89. The number of nitrogen functional groups attached to an aromatic ring is 1. The number of hydrogen-bond acceptors (Lipinski definition) is 7. The highest BCUT2D eigenvalue weighted by Gasteiger charge is 2.08. The second-order valence-electron chi connectivity index (χ2n) is 4.03. The SMILES string of the molecule is Cc1cccc(Sc2nc(N)nc(-n3cncn3)n2)c1. The Kier molecular flexibility index (Phi) is 3.30. The molecule has 0 saturated carbocycles. The van der Waals surface area contributed by atoms with Crippen LogP contribution in [0.5, 0.6) is 0 Å². The van der Waals surface area contributed by atoms with E-state index in [1.165, 1.54) is 34.7 Å². The first kappa shape index (κ1) is 12.5. The number of nitrogens with two attached hydrogens (primary N) is 1. The van der Waals surface area contributed by atoms with Crippen LogP contribution in [0.1, 0.15) is 5.56 Å². The zero-order valence-electron chi connectivity index (χ0n) is 10.6. The molecule has 2 N–H and O–H groups in total. The molecule has 0 amide bonds. The highest BCUT2D eigenvalue weighted by molar-refractivity contribution is 7.99. The summed E-state index contributed by atoms with van der Waals surface area (Å²) in [5, 5.41) is 4.50. The minimum absolute atomic E-state index is 0.153. The molecule has 0 saturated heterocycles. The maximum absolute atomic E-state index is 5.71. The van der Waals surface area contributed by atoms with E-state index >= 15 is 0 Å². The molecule has 100 valence electrons. The van der Waals surface area contributed by atoms with E-state index in [0.717, 1.165) is 4.90 Å². The predicted molar refractivity (Wildman–Crippen MR) is 74.5 cm³/mol. The Morgan fingerprint density at radius 1 is 1.20 bits per heavy atom. The van der Waals surface area contributed by atoms with Gasteiger partial charge in [0, 0.05) is 4.90 Å². The fourth-order valence-electron chi connectivity index (χ4n) is 1.60.